The zero-order valence-electron chi connectivity index (χ0n) is 21.3. The normalized spacial score (nSPS) is 17.4. The summed E-state index contributed by atoms with van der Waals surface area (Å²) in [5, 5.41) is 5.68. The number of aromatic nitrogens is 1. The van der Waals surface area contributed by atoms with Gasteiger partial charge < -0.3 is 20.4 Å². The second-order valence-corrected chi connectivity index (χ2v) is 10.3. The lowest BCUT2D eigenvalue weighted by atomic mass is 9.86. The number of urea groups is 1. The van der Waals surface area contributed by atoms with Crippen molar-refractivity contribution in [3.05, 3.63) is 88.5 Å². The van der Waals surface area contributed by atoms with Gasteiger partial charge in [-0.3, -0.25) is 9.78 Å². The fraction of sp³-hybridized carbons (Fsp3) is 0.345. The van der Waals surface area contributed by atoms with Gasteiger partial charge in [0.25, 0.3) is 5.91 Å². The summed E-state index contributed by atoms with van der Waals surface area (Å²) in [6.07, 6.45) is 8.00. The number of nitrogens with one attached hydrogen (secondary N) is 2. The van der Waals surface area contributed by atoms with Crippen molar-refractivity contribution in [3.63, 3.8) is 0 Å². The van der Waals surface area contributed by atoms with Crippen molar-refractivity contribution in [2.75, 3.05) is 30.4 Å². The lowest BCUT2D eigenvalue weighted by molar-refractivity contribution is 0.0709. The average molecular weight is 536 g/mol. The fourth-order valence-corrected chi connectivity index (χ4v) is 5.60. The monoisotopic (exact) mass is 535 g/mol. The number of piperidine rings is 1. The molecule has 9 heteroatoms. The molecule has 3 amide bonds. The maximum atomic E-state index is 13.5. The van der Waals surface area contributed by atoms with E-state index in [1.54, 1.807) is 12.4 Å². The van der Waals surface area contributed by atoms with E-state index in [0.29, 0.717) is 11.3 Å². The number of benzene rings is 2. The van der Waals surface area contributed by atoms with E-state index in [-0.39, 0.29) is 23.0 Å². The maximum Gasteiger partial charge on any atom is 0.319 e. The second kappa shape index (κ2) is 11.4. The summed E-state index contributed by atoms with van der Waals surface area (Å²) in [4.78, 5) is 34.5. The minimum atomic E-state index is -0.541. The van der Waals surface area contributed by atoms with Crippen LogP contribution < -0.4 is 15.5 Å². The van der Waals surface area contributed by atoms with Crippen LogP contribution >= 0.6 is 11.6 Å². The molecule has 7 nitrogen and oxygen atoms in total. The van der Waals surface area contributed by atoms with Gasteiger partial charge in [-0.25, -0.2) is 9.18 Å². The fourth-order valence-electron chi connectivity index (χ4n) is 5.42. The number of fused-ring (bicyclic) bond motifs is 1. The molecule has 2 heterocycles. The Morgan fingerprint density at radius 3 is 2.55 bits per heavy atom. The first-order chi connectivity index (χ1) is 18.4. The summed E-state index contributed by atoms with van der Waals surface area (Å²) in [5.74, 6) is -0.551. The number of anilines is 2. The zero-order chi connectivity index (χ0) is 26.6. The second-order valence-electron chi connectivity index (χ2n) is 9.93. The van der Waals surface area contributed by atoms with Crippen molar-refractivity contribution in [1.82, 2.24) is 15.2 Å². The summed E-state index contributed by atoms with van der Waals surface area (Å²) >= 11 is 5.83. The highest BCUT2D eigenvalue weighted by Crippen LogP contribution is 2.32. The molecular formula is C29H31ClFN5O2. The molecule has 3 aromatic rings. The number of halogens is 2. The highest BCUT2D eigenvalue weighted by atomic mass is 35.5. The molecule has 38 heavy (non-hydrogen) atoms. The molecule has 0 saturated carbocycles. The Morgan fingerprint density at radius 2 is 1.82 bits per heavy atom. The van der Waals surface area contributed by atoms with Crippen molar-refractivity contribution in [2.45, 2.75) is 44.2 Å². The minimum absolute atomic E-state index is 0.00936. The summed E-state index contributed by atoms with van der Waals surface area (Å²) in [7, 11) is 1.88. The van der Waals surface area contributed by atoms with E-state index in [1.807, 2.05) is 42.3 Å². The molecular weight excluding hydrogens is 505 g/mol. The van der Waals surface area contributed by atoms with Crippen LogP contribution in [0.3, 0.4) is 0 Å². The van der Waals surface area contributed by atoms with Gasteiger partial charge in [0.15, 0.2) is 0 Å². The van der Waals surface area contributed by atoms with Gasteiger partial charge in [0.2, 0.25) is 0 Å². The molecule has 1 unspecified atom stereocenters. The number of hydrogen-bond donors (Lipinski definition) is 2. The van der Waals surface area contributed by atoms with Gasteiger partial charge in [-0.05, 0) is 85.7 Å². The SMILES string of the molecule is CN(C(=O)c1ccc2c(c1)C(NC(=O)Nc1ccc(F)c(Cl)c1)CCC2)C1CCN(c2ccncc2)CC1. The van der Waals surface area contributed by atoms with Crippen LogP contribution in [0.25, 0.3) is 0 Å². The Labute approximate surface area is 227 Å². The Kier molecular flexibility index (Phi) is 7.79. The molecule has 1 aliphatic heterocycles. The molecule has 2 aliphatic rings. The van der Waals surface area contributed by atoms with Gasteiger partial charge in [-0.1, -0.05) is 17.7 Å². The molecule has 1 aliphatic carbocycles. The molecule has 2 aromatic carbocycles. The zero-order valence-corrected chi connectivity index (χ0v) is 22.0. The molecule has 5 rings (SSSR count). The molecule has 198 valence electrons. The van der Waals surface area contributed by atoms with Crippen LogP contribution in [0.1, 0.15) is 53.2 Å². The number of nitrogens with zero attached hydrogens (tertiary/aromatic N) is 3. The average Bonchev–Trinajstić information content (AvgIpc) is 2.95. The van der Waals surface area contributed by atoms with E-state index < -0.39 is 11.8 Å². The molecule has 0 radical (unpaired) electrons. The third-order valence-electron chi connectivity index (χ3n) is 7.55. The summed E-state index contributed by atoms with van der Waals surface area (Å²) < 4.78 is 13.4. The number of pyridine rings is 1. The summed E-state index contributed by atoms with van der Waals surface area (Å²) in [6.45, 7) is 1.77. The number of hydrogen-bond acceptors (Lipinski definition) is 4. The van der Waals surface area contributed by atoms with Gasteiger partial charge in [0.1, 0.15) is 5.82 Å². The lowest BCUT2D eigenvalue weighted by Crippen LogP contribution is -2.45. The third-order valence-corrected chi connectivity index (χ3v) is 7.84. The molecule has 1 aromatic heterocycles. The summed E-state index contributed by atoms with van der Waals surface area (Å²) in [5.41, 5.74) is 4.30. The Hall–Kier alpha value is -3.65. The van der Waals surface area contributed by atoms with Gasteiger partial charge in [0, 0.05) is 55.5 Å². The molecule has 1 saturated heterocycles. The Morgan fingerprint density at radius 1 is 1.05 bits per heavy atom. The van der Waals surface area contributed by atoms with Crippen molar-refractivity contribution >= 4 is 34.9 Å². The van der Waals surface area contributed by atoms with Crippen LogP contribution in [-0.4, -0.2) is 48.0 Å². The highest BCUT2D eigenvalue weighted by Gasteiger charge is 2.28. The molecule has 0 spiro atoms. The highest BCUT2D eigenvalue weighted by molar-refractivity contribution is 6.31. The molecule has 1 atom stereocenters. The standard InChI is InChI=1S/C29H31ClFN5O2/c1-35(22-11-15-36(16-12-22)23-9-13-32-14-10-23)28(37)20-6-5-19-3-2-4-27(24(19)17-20)34-29(38)33-21-7-8-26(31)25(30)18-21/h5-10,13-14,17-18,22,27H,2-4,11-12,15-16H2,1H3,(H2,33,34,38). The first-order valence-electron chi connectivity index (χ1n) is 13.0. The van der Waals surface area contributed by atoms with E-state index >= 15 is 0 Å². The molecule has 2 N–H and O–H groups in total. The van der Waals surface area contributed by atoms with Crippen molar-refractivity contribution in [1.29, 1.82) is 0 Å². The van der Waals surface area contributed by atoms with Crippen LogP contribution in [0, 0.1) is 5.82 Å². The van der Waals surface area contributed by atoms with E-state index in [9.17, 15) is 14.0 Å². The van der Waals surface area contributed by atoms with E-state index in [1.165, 1.54) is 18.2 Å². The van der Waals surface area contributed by atoms with Crippen molar-refractivity contribution in [3.8, 4) is 0 Å². The quantitative estimate of drug-likeness (QED) is 0.432. The smallest absolute Gasteiger partial charge is 0.319 e. The Balaban J connectivity index is 1.24. The number of carbonyl (C=O) groups is 2. The topological polar surface area (TPSA) is 77.6 Å². The minimum Gasteiger partial charge on any atom is -0.371 e. The Bertz CT molecular complexity index is 1310. The first-order valence-corrected chi connectivity index (χ1v) is 13.3. The molecule has 1 fully saturated rings. The van der Waals surface area contributed by atoms with Crippen molar-refractivity contribution in [2.24, 2.45) is 0 Å². The van der Waals surface area contributed by atoms with E-state index in [4.69, 9.17) is 11.6 Å². The van der Waals surface area contributed by atoms with Crippen molar-refractivity contribution < 1.29 is 14.0 Å². The van der Waals surface area contributed by atoms with E-state index in [2.05, 4.69) is 20.5 Å². The molecule has 0 bridgehead atoms. The van der Waals surface area contributed by atoms with Crippen LogP contribution in [0.15, 0.2) is 60.9 Å². The summed E-state index contributed by atoms with van der Waals surface area (Å²) in [6, 6.07) is 13.5. The van der Waals surface area contributed by atoms with E-state index in [0.717, 1.165) is 62.0 Å². The number of amides is 3. The van der Waals surface area contributed by atoms with Gasteiger partial charge in [-0.2, -0.15) is 0 Å². The largest absolute Gasteiger partial charge is 0.371 e. The number of carbonyl (C=O) groups excluding carboxylic acids is 2. The first kappa shape index (κ1) is 26.0. The van der Waals surface area contributed by atoms with Crippen LogP contribution in [0.5, 0.6) is 0 Å². The van der Waals surface area contributed by atoms with Gasteiger partial charge >= 0.3 is 6.03 Å². The van der Waals surface area contributed by atoms with Crippen LogP contribution in [0.2, 0.25) is 5.02 Å². The maximum absolute atomic E-state index is 13.5. The third kappa shape index (κ3) is 5.75. The van der Waals surface area contributed by atoms with Gasteiger partial charge in [0.05, 0.1) is 11.1 Å². The number of aryl methyl sites for hydroxylation is 1. The van der Waals surface area contributed by atoms with Crippen LogP contribution in [0.4, 0.5) is 20.6 Å². The predicted molar refractivity (Wildman–Crippen MR) is 147 cm³/mol. The lowest BCUT2D eigenvalue weighted by Gasteiger charge is -2.38. The van der Waals surface area contributed by atoms with Gasteiger partial charge in [-0.15, -0.1) is 0 Å². The van der Waals surface area contributed by atoms with Crippen LogP contribution in [-0.2, 0) is 6.42 Å². The number of rotatable bonds is 5. The predicted octanol–water partition coefficient (Wildman–Crippen LogP) is 5.81.